The lowest BCUT2D eigenvalue weighted by Gasteiger charge is -2.15. The second-order valence-corrected chi connectivity index (χ2v) is 4.88. The van der Waals surface area contributed by atoms with Gasteiger partial charge in [0.2, 0.25) is 0 Å². The number of hydrogen-bond acceptors (Lipinski definition) is 3. The van der Waals surface area contributed by atoms with Crippen molar-refractivity contribution in [1.82, 2.24) is 4.90 Å². The van der Waals surface area contributed by atoms with Crippen molar-refractivity contribution in [2.45, 2.75) is 12.3 Å². The zero-order chi connectivity index (χ0) is 13.2. The Bertz CT molecular complexity index is 560. The van der Waals surface area contributed by atoms with Crippen LogP contribution in [0, 0.1) is 0 Å². The van der Waals surface area contributed by atoms with E-state index >= 15 is 0 Å². The maximum absolute atomic E-state index is 12.2. The largest absolute Gasteiger partial charge is 0.459 e. The average Bonchev–Trinajstić information content (AvgIpc) is 3.10. The van der Waals surface area contributed by atoms with Crippen LogP contribution in [0.2, 0.25) is 0 Å². The zero-order valence-corrected chi connectivity index (χ0v) is 10.6. The number of nitrogens with two attached hydrogens (primary N) is 1. The number of benzene rings is 1. The third kappa shape index (κ3) is 2.34. The molecule has 2 N–H and O–H groups in total. The molecule has 1 unspecified atom stereocenters. The Morgan fingerprint density at radius 3 is 2.74 bits per heavy atom. The van der Waals surface area contributed by atoms with E-state index in [0.29, 0.717) is 11.7 Å². The van der Waals surface area contributed by atoms with Crippen molar-refractivity contribution in [3.8, 4) is 0 Å². The third-order valence-corrected chi connectivity index (χ3v) is 3.62. The van der Waals surface area contributed by atoms with E-state index in [0.717, 1.165) is 25.2 Å². The number of hydrogen-bond donors (Lipinski definition) is 1. The van der Waals surface area contributed by atoms with Crippen LogP contribution in [0.4, 0.5) is 5.69 Å². The molecule has 1 aromatic carbocycles. The fourth-order valence-electron chi connectivity index (χ4n) is 2.54. The number of amides is 1. The molecule has 98 valence electrons. The number of carbonyl (C=O) groups excluding carboxylic acids is 1. The SMILES string of the molecule is Nc1ccc(C2CCN(C(=O)c3ccco3)C2)cc1. The summed E-state index contributed by atoms with van der Waals surface area (Å²) in [5, 5.41) is 0. The fourth-order valence-corrected chi connectivity index (χ4v) is 2.54. The third-order valence-electron chi connectivity index (χ3n) is 3.62. The molecule has 0 spiro atoms. The van der Waals surface area contributed by atoms with Gasteiger partial charge in [-0.15, -0.1) is 0 Å². The first-order valence-electron chi connectivity index (χ1n) is 6.42. The second kappa shape index (κ2) is 4.80. The van der Waals surface area contributed by atoms with E-state index in [4.69, 9.17) is 10.2 Å². The molecular weight excluding hydrogens is 240 g/mol. The highest BCUT2D eigenvalue weighted by Gasteiger charge is 2.28. The Hall–Kier alpha value is -2.23. The molecule has 4 nitrogen and oxygen atoms in total. The van der Waals surface area contributed by atoms with Gasteiger partial charge in [-0.05, 0) is 36.2 Å². The van der Waals surface area contributed by atoms with E-state index in [1.165, 1.54) is 11.8 Å². The number of nitrogens with zero attached hydrogens (tertiary/aromatic N) is 1. The minimum Gasteiger partial charge on any atom is -0.459 e. The summed E-state index contributed by atoms with van der Waals surface area (Å²) < 4.78 is 5.16. The van der Waals surface area contributed by atoms with Gasteiger partial charge in [-0.25, -0.2) is 0 Å². The molecule has 4 heteroatoms. The van der Waals surface area contributed by atoms with Gasteiger partial charge in [-0.1, -0.05) is 12.1 Å². The molecule has 1 amide bonds. The lowest BCUT2D eigenvalue weighted by molar-refractivity contribution is 0.0759. The summed E-state index contributed by atoms with van der Waals surface area (Å²) in [6.45, 7) is 1.51. The van der Waals surface area contributed by atoms with Crippen LogP contribution in [0.5, 0.6) is 0 Å². The number of likely N-dealkylation sites (tertiary alicyclic amines) is 1. The molecule has 0 aliphatic carbocycles. The Kier molecular flexibility index (Phi) is 2.99. The van der Waals surface area contributed by atoms with Gasteiger partial charge in [0.15, 0.2) is 5.76 Å². The Balaban J connectivity index is 1.70. The van der Waals surface area contributed by atoms with Gasteiger partial charge in [0.1, 0.15) is 0 Å². The topological polar surface area (TPSA) is 59.5 Å². The van der Waals surface area contributed by atoms with Crippen LogP contribution in [0.25, 0.3) is 0 Å². The highest BCUT2D eigenvalue weighted by atomic mass is 16.3. The maximum Gasteiger partial charge on any atom is 0.289 e. The Morgan fingerprint density at radius 1 is 1.26 bits per heavy atom. The van der Waals surface area contributed by atoms with E-state index in [1.807, 2.05) is 29.2 Å². The number of carbonyl (C=O) groups is 1. The van der Waals surface area contributed by atoms with Crippen LogP contribution in [-0.4, -0.2) is 23.9 Å². The van der Waals surface area contributed by atoms with Gasteiger partial charge in [0.05, 0.1) is 6.26 Å². The summed E-state index contributed by atoms with van der Waals surface area (Å²) in [6, 6.07) is 11.3. The van der Waals surface area contributed by atoms with Crippen molar-refractivity contribution in [1.29, 1.82) is 0 Å². The number of furan rings is 1. The summed E-state index contributed by atoms with van der Waals surface area (Å²) in [6.07, 6.45) is 2.51. The van der Waals surface area contributed by atoms with Gasteiger partial charge < -0.3 is 15.1 Å². The molecule has 2 heterocycles. The van der Waals surface area contributed by atoms with Crippen molar-refractivity contribution in [2.24, 2.45) is 0 Å². The van der Waals surface area contributed by atoms with Gasteiger partial charge in [0, 0.05) is 24.7 Å². The fraction of sp³-hybridized carbons (Fsp3) is 0.267. The predicted octanol–water partition coefficient (Wildman–Crippen LogP) is 2.49. The number of nitrogen functional groups attached to an aromatic ring is 1. The summed E-state index contributed by atoms with van der Waals surface area (Å²) in [7, 11) is 0. The van der Waals surface area contributed by atoms with Crippen LogP contribution < -0.4 is 5.73 Å². The molecule has 3 rings (SSSR count). The van der Waals surface area contributed by atoms with E-state index in [9.17, 15) is 4.79 Å². The van der Waals surface area contributed by atoms with E-state index < -0.39 is 0 Å². The minimum absolute atomic E-state index is 0.0251. The average molecular weight is 256 g/mol. The Morgan fingerprint density at radius 2 is 2.05 bits per heavy atom. The summed E-state index contributed by atoms with van der Waals surface area (Å²) in [5.41, 5.74) is 7.70. The second-order valence-electron chi connectivity index (χ2n) is 4.88. The van der Waals surface area contributed by atoms with Gasteiger partial charge >= 0.3 is 0 Å². The van der Waals surface area contributed by atoms with E-state index in [-0.39, 0.29) is 5.91 Å². The van der Waals surface area contributed by atoms with Gasteiger partial charge in [0.25, 0.3) is 5.91 Å². The van der Waals surface area contributed by atoms with Crippen LogP contribution in [-0.2, 0) is 0 Å². The molecule has 0 saturated carbocycles. The quantitative estimate of drug-likeness (QED) is 0.840. The monoisotopic (exact) mass is 256 g/mol. The first kappa shape index (κ1) is 11.8. The zero-order valence-electron chi connectivity index (χ0n) is 10.6. The summed E-state index contributed by atoms with van der Waals surface area (Å²) in [4.78, 5) is 14.0. The molecule has 1 atom stereocenters. The van der Waals surface area contributed by atoms with Crippen LogP contribution in [0.15, 0.2) is 47.1 Å². The smallest absolute Gasteiger partial charge is 0.289 e. The number of rotatable bonds is 2. The maximum atomic E-state index is 12.2. The van der Waals surface area contributed by atoms with Crippen molar-refractivity contribution >= 4 is 11.6 Å². The molecule has 1 aliphatic heterocycles. The van der Waals surface area contributed by atoms with Gasteiger partial charge in [-0.2, -0.15) is 0 Å². The lowest BCUT2D eigenvalue weighted by atomic mass is 9.98. The van der Waals surface area contributed by atoms with Crippen molar-refractivity contribution in [2.75, 3.05) is 18.8 Å². The first-order valence-corrected chi connectivity index (χ1v) is 6.42. The van der Waals surface area contributed by atoms with Crippen LogP contribution >= 0.6 is 0 Å². The highest BCUT2D eigenvalue weighted by molar-refractivity contribution is 5.91. The summed E-state index contributed by atoms with van der Waals surface area (Å²) >= 11 is 0. The van der Waals surface area contributed by atoms with E-state index in [1.54, 1.807) is 12.1 Å². The van der Waals surface area contributed by atoms with Crippen molar-refractivity contribution in [3.63, 3.8) is 0 Å². The van der Waals surface area contributed by atoms with Crippen LogP contribution in [0.3, 0.4) is 0 Å². The number of anilines is 1. The lowest BCUT2D eigenvalue weighted by Crippen LogP contribution is -2.28. The Labute approximate surface area is 111 Å². The van der Waals surface area contributed by atoms with Crippen LogP contribution in [0.1, 0.15) is 28.5 Å². The summed E-state index contributed by atoms with van der Waals surface area (Å²) in [5.74, 6) is 0.778. The molecule has 2 aromatic rings. The van der Waals surface area contributed by atoms with Gasteiger partial charge in [-0.3, -0.25) is 4.79 Å². The van der Waals surface area contributed by atoms with E-state index in [2.05, 4.69) is 0 Å². The highest BCUT2D eigenvalue weighted by Crippen LogP contribution is 2.28. The molecule has 0 radical (unpaired) electrons. The molecule has 1 saturated heterocycles. The van der Waals surface area contributed by atoms with Crippen molar-refractivity contribution in [3.05, 3.63) is 54.0 Å². The van der Waals surface area contributed by atoms with Crippen molar-refractivity contribution < 1.29 is 9.21 Å². The normalized spacial score (nSPS) is 18.7. The molecule has 0 bridgehead atoms. The molecule has 1 aliphatic rings. The minimum atomic E-state index is -0.0251. The first-order chi connectivity index (χ1) is 9.24. The molecular formula is C15H16N2O2. The molecule has 19 heavy (non-hydrogen) atoms. The predicted molar refractivity (Wildman–Crippen MR) is 72.8 cm³/mol. The molecule has 1 fully saturated rings. The molecule has 1 aromatic heterocycles. The standard InChI is InChI=1S/C15H16N2O2/c16-13-5-3-11(4-6-13)12-7-8-17(10-12)15(18)14-2-1-9-19-14/h1-6,9,12H,7-8,10,16H2.